The summed E-state index contributed by atoms with van der Waals surface area (Å²) in [6.07, 6.45) is 0.892. The molecule has 0 unspecified atom stereocenters. The largest absolute Gasteiger partial charge is 0.489 e. The normalized spacial score (nSPS) is 11.7. The fraction of sp³-hybridized carbons (Fsp3) is 0.434. The van der Waals surface area contributed by atoms with Crippen LogP contribution in [-0.4, -0.2) is 93.6 Å². The van der Waals surface area contributed by atoms with Crippen LogP contribution >= 0.6 is 23.2 Å². The summed E-state index contributed by atoms with van der Waals surface area (Å²) in [5, 5.41) is 40.8. The van der Waals surface area contributed by atoms with Gasteiger partial charge in [0.15, 0.2) is 5.82 Å². The van der Waals surface area contributed by atoms with Gasteiger partial charge >= 0.3 is 0 Å². The number of ether oxygens (including phenoxy) is 3. The summed E-state index contributed by atoms with van der Waals surface area (Å²) < 4.78 is 16.1. The van der Waals surface area contributed by atoms with Gasteiger partial charge in [-0.2, -0.15) is 5.10 Å². The number of aromatic nitrogens is 3. The molecule has 9 N–H and O–H groups in total. The van der Waals surface area contributed by atoms with Gasteiger partial charge in [-0.15, -0.1) is 0 Å². The van der Waals surface area contributed by atoms with Crippen molar-refractivity contribution in [2.75, 3.05) is 20.3 Å². The number of benzene rings is 4. The third-order valence-corrected chi connectivity index (χ3v) is 10.4. The molecule has 0 radical (unpaired) electrons. The predicted octanol–water partition coefficient (Wildman–Crippen LogP) is 9.27. The van der Waals surface area contributed by atoms with Crippen molar-refractivity contribution in [3.63, 3.8) is 0 Å². The molecule has 5 aromatic rings. The molecule has 2 atom stereocenters. The fourth-order valence-corrected chi connectivity index (χ4v) is 6.51. The number of aliphatic hydroxyl groups is 2. The minimum Gasteiger partial charge on any atom is -0.489 e. The molecular formula is C53H76Cl2N8O8. The van der Waals surface area contributed by atoms with Crippen LogP contribution in [0, 0.1) is 10.8 Å². The molecule has 4 aromatic carbocycles. The van der Waals surface area contributed by atoms with E-state index in [0.29, 0.717) is 56.9 Å². The second-order valence-electron chi connectivity index (χ2n) is 18.6. The van der Waals surface area contributed by atoms with Crippen molar-refractivity contribution < 1.29 is 38.8 Å². The Morgan fingerprint density at radius 3 is 1.42 bits per heavy atom. The maximum Gasteiger partial charge on any atom is 0.251 e. The highest BCUT2D eigenvalue weighted by Crippen LogP contribution is 2.28. The van der Waals surface area contributed by atoms with Gasteiger partial charge in [-0.25, -0.2) is 10.8 Å². The van der Waals surface area contributed by atoms with Crippen molar-refractivity contribution >= 4 is 46.8 Å². The molecule has 390 valence electrons. The van der Waals surface area contributed by atoms with Gasteiger partial charge in [-0.3, -0.25) is 30.3 Å². The van der Waals surface area contributed by atoms with Crippen LogP contribution in [0.5, 0.6) is 11.5 Å². The Bertz CT molecular complexity index is 2450. The molecule has 3 amide bonds. The molecule has 0 fully saturated rings. The van der Waals surface area contributed by atoms with E-state index >= 15 is 0 Å². The second kappa shape index (κ2) is 29.3. The Hall–Kier alpha value is -6.04. The first-order chi connectivity index (χ1) is 32.4. The molecule has 16 nitrogen and oxygen atoms in total. The number of hydrogen-bond acceptors (Lipinski definition) is 12. The van der Waals surface area contributed by atoms with Gasteiger partial charge in [-0.1, -0.05) is 116 Å². The summed E-state index contributed by atoms with van der Waals surface area (Å²) >= 11 is 12.4. The van der Waals surface area contributed by atoms with Gasteiger partial charge < -0.3 is 35.1 Å². The number of aliphatic hydroxyl groups excluding tert-OH is 2. The van der Waals surface area contributed by atoms with Crippen molar-refractivity contribution in [2.24, 2.45) is 11.3 Å². The minimum atomic E-state index is -0.453. The highest BCUT2D eigenvalue weighted by atomic mass is 35.5. The first-order valence-electron chi connectivity index (χ1n) is 22.4. The van der Waals surface area contributed by atoms with E-state index in [4.69, 9.17) is 48.7 Å². The summed E-state index contributed by atoms with van der Waals surface area (Å²) in [6.45, 7) is 18.8. The van der Waals surface area contributed by atoms with Gasteiger partial charge in [0, 0.05) is 33.1 Å². The Morgan fingerprint density at radius 2 is 1.11 bits per heavy atom. The lowest BCUT2D eigenvalue weighted by atomic mass is 9.96. The van der Waals surface area contributed by atoms with Crippen LogP contribution in [0.25, 0.3) is 11.4 Å². The number of halogens is 2. The van der Waals surface area contributed by atoms with E-state index < -0.39 is 12.1 Å². The highest BCUT2D eigenvalue weighted by Gasteiger charge is 2.21. The number of carbonyl (C=O) groups is 3. The molecule has 5 rings (SSSR count). The zero-order valence-corrected chi connectivity index (χ0v) is 42.8. The van der Waals surface area contributed by atoms with Crippen molar-refractivity contribution in [1.82, 2.24) is 31.2 Å². The topological polar surface area (TPSA) is 247 Å². The molecule has 0 bridgehead atoms. The van der Waals surface area contributed by atoms with E-state index in [9.17, 15) is 24.6 Å². The fourth-order valence-electron chi connectivity index (χ4n) is 6.05. The Balaban J connectivity index is 0.000000606. The van der Waals surface area contributed by atoms with Crippen molar-refractivity contribution in [2.45, 2.75) is 127 Å². The molecule has 0 spiro atoms. The number of amides is 3. The molecule has 0 saturated carbocycles. The number of methoxy groups -OCH3 is 1. The molecule has 0 aliphatic carbocycles. The zero-order chi connectivity index (χ0) is 51.6. The monoisotopic (exact) mass is 1020 g/mol. The Kier molecular flexibility index (Phi) is 26.0. The number of nitrogens with one attached hydrogen (secondary N) is 5. The number of rotatable bonds is 16. The van der Waals surface area contributed by atoms with Crippen LogP contribution < -0.4 is 31.4 Å². The smallest absolute Gasteiger partial charge is 0.251 e. The minimum absolute atomic E-state index is 0. The van der Waals surface area contributed by atoms with Crippen LogP contribution in [0.1, 0.15) is 127 Å². The molecule has 1 heterocycles. The van der Waals surface area contributed by atoms with Crippen LogP contribution in [0.3, 0.4) is 0 Å². The third kappa shape index (κ3) is 20.7. The van der Waals surface area contributed by atoms with E-state index in [-0.39, 0.29) is 74.7 Å². The number of carbonyl (C=O) groups excluding carboxylic acids is 3. The number of nitrogens with zero attached hydrogens (tertiary/aromatic N) is 2. The summed E-state index contributed by atoms with van der Waals surface area (Å²) in [7, 11) is 1.45. The van der Waals surface area contributed by atoms with E-state index in [1.807, 2.05) is 64.1 Å². The lowest BCUT2D eigenvalue weighted by molar-refractivity contribution is -0.128. The van der Waals surface area contributed by atoms with Crippen LogP contribution in [0.4, 0.5) is 0 Å². The van der Waals surface area contributed by atoms with Crippen LogP contribution in [0.2, 0.25) is 10.0 Å². The third-order valence-electron chi connectivity index (χ3n) is 9.83. The molecule has 18 heteroatoms. The first kappa shape index (κ1) is 63.0. The zero-order valence-electron chi connectivity index (χ0n) is 41.3. The van der Waals surface area contributed by atoms with Gasteiger partial charge in [0.1, 0.15) is 17.3 Å². The number of nitrogens with two attached hydrogens (primary N) is 1. The summed E-state index contributed by atoms with van der Waals surface area (Å²) in [6, 6.07) is 23.9. The molecule has 71 heavy (non-hydrogen) atoms. The summed E-state index contributed by atoms with van der Waals surface area (Å²) in [5.74, 6) is 6.69. The van der Waals surface area contributed by atoms with E-state index in [2.05, 4.69) is 52.0 Å². The second-order valence-corrected chi connectivity index (χ2v) is 19.5. The summed E-state index contributed by atoms with van der Waals surface area (Å²) in [5.41, 5.74) is 5.85. The highest BCUT2D eigenvalue weighted by molar-refractivity contribution is 6.32. The SMILES string of the molecule is C.C.CC(C)(C)C(=O)NN.CC(C)Oc1ccc(C(=O)N[C@H](CO)Cc2ccc(-c3n[nH]c(C(C)(C)C)n3)cc2)cc1Cl.COC(=N)c1ccc(C[C@@H](CO)NC(=O)c2ccc(OC(C)C)c(Cl)c2)cc1. The average molecular weight is 1020 g/mol. The van der Waals surface area contributed by atoms with Crippen molar-refractivity contribution in [3.8, 4) is 22.9 Å². The number of hydrazine groups is 1. The quantitative estimate of drug-likeness (QED) is 0.0152. The maximum absolute atomic E-state index is 12.7. The predicted molar refractivity (Wildman–Crippen MR) is 285 cm³/mol. The van der Waals surface area contributed by atoms with Crippen LogP contribution in [0.15, 0.2) is 84.9 Å². The number of H-pyrrole nitrogens is 1. The van der Waals surface area contributed by atoms with Crippen molar-refractivity contribution in [3.05, 3.63) is 129 Å². The molecular weight excluding hydrogens is 948 g/mol. The van der Waals surface area contributed by atoms with E-state index in [1.54, 1.807) is 69.3 Å². The summed E-state index contributed by atoms with van der Waals surface area (Å²) in [4.78, 5) is 40.4. The number of aromatic amines is 1. The lowest BCUT2D eigenvalue weighted by Crippen LogP contribution is -2.39. The average Bonchev–Trinajstić information content (AvgIpc) is 3.81. The molecule has 0 aliphatic rings. The number of hydrogen-bond donors (Lipinski definition) is 8. The molecule has 1 aromatic heterocycles. The first-order valence-corrected chi connectivity index (χ1v) is 23.1. The Morgan fingerprint density at radius 1 is 0.704 bits per heavy atom. The van der Waals surface area contributed by atoms with Gasteiger partial charge in [0.2, 0.25) is 11.8 Å². The van der Waals surface area contributed by atoms with E-state index in [1.165, 1.54) is 7.11 Å². The molecule has 0 aliphatic heterocycles. The molecule has 0 saturated heterocycles. The Labute approximate surface area is 430 Å². The van der Waals surface area contributed by atoms with Crippen molar-refractivity contribution in [1.29, 1.82) is 5.41 Å². The van der Waals surface area contributed by atoms with Crippen LogP contribution in [-0.2, 0) is 27.8 Å². The van der Waals surface area contributed by atoms with E-state index in [0.717, 1.165) is 22.5 Å². The van der Waals surface area contributed by atoms with Gasteiger partial charge in [-0.05, 0) is 100 Å². The van der Waals surface area contributed by atoms with Gasteiger partial charge in [0.25, 0.3) is 11.8 Å². The lowest BCUT2D eigenvalue weighted by Gasteiger charge is -2.17. The maximum atomic E-state index is 12.7. The van der Waals surface area contributed by atoms with Gasteiger partial charge in [0.05, 0.1) is 54.7 Å². The standard InChI is InChI=1S/C25H31ClN4O3.C21H25ClN2O4.C5H12N2O.2CH4/c1-15(2)33-21-11-10-18(13-20(21)26)23(32)27-19(14-31)12-16-6-8-17(9-7-16)22-28-24(30-29-22)25(3,4)5;1-13(2)28-19-9-8-16(11-18(19)22)21(26)24-17(12-25)10-14-4-6-15(7-5-14)20(23)27-3;1-5(2,3)4(8)7-6;;/h6-11,13,15,19,31H,12,14H2,1-5H3,(H,27,32)(H,28,29,30);4-9,11,13,17,23,25H,10,12H2,1-3H3,(H,24,26);6H2,1-3H3,(H,7,8);2*1H4/t19-;17-;;;/m00.../s1.